The normalized spacial score (nSPS) is 10.8. The summed E-state index contributed by atoms with van der Waals surface area (Å²) in [5.41, 5.74) is 1.18. The fourth-order valence-electron chi connectivity index (χ4n) is 1.71. The fourth-order valence-corrected chi connectivity index (χ4v) is 3.22. The van der Waals surface area contributed by atoms with Crippen molar-refractivity contribution in [2.24, 2.45) is 0 Å². The van der Waals surface area contributed by atoms with Gasteiger partial charge >= 0.3 is 0 Å². The molecule has 118 valence electrons. The Labute approximate surface area is 143 Å². The van der Waals surface area contributed by atoms with Crippen LogP contribution in [0.25, 0.3) is 0 Å². The molecule has 0 unspecified atom stereocenters. The second-order valence-corrected chi connectivity index (χ2v) is 6.76. The Morgan fingerprint density at radius 2 is 1.90 bits per heavy atom. The van der Waals surface area contributed by atoms with Gasteiger partial charge in [-0.3, -0.25) is 4.79 Å². The summed E-state index contributed by atoms with van der Waals surface area (Å²) in [6.45, 7) is 5.56. The number of hydrogen-bond acceptors (Lipinski definition) is 3. The number of halogens is 2. The summed E-state index contributed by atoms with van der Waals surface area (Å²) in [6.07, 6.45) is 1.16. The van der Waals surface area contributed by atoms with Gasteiger partial charge < -0.3 is 15.4 Å². The second-order valence-electron chi connectivity index (χ2n) is 5.05. The van der Waals surface area contributed by atoms with Crippen molar-refractivity contribution in [1.82, 2.24) is 10.6 Å². The predicted molar refractivity (Wildman–Crippen MR) is 92.6 cm³/mol. The highest BCUT2D eigenvalue weighted by Gasteiger charge is 2.09. The van der Waals surface area contributed by atoms with Crippen LogP contribution in [0.2, 0.25) is 0 Å². The maximum atomic E-state index is 11.1. The molecule has 0 aliphatic rings. The zero-order chi connectivity index (χ0) is 15.8. The van der Waals surface area contributed by atoms with E-state index in [1.165, 1.54) is 5.56 Å². The van der Waals surface area contributed by atoms with E-state index in [0.29, 0.717) is 25.5 Å². The number of rotatable bonds is 8. The van der Waals surface area contributed by atoms with E-state index in [9.17, 15) is 4.79 Å². The molecule has 0 heterocycles. The Morgan fingerprint density at radius 3 is 2.43 bits per heavy atom. The van der Waals surface area contributed by atoms with E-state index in [-0.39, 0.29) is 5.91 Å². The minimum absolute atomic E-state index is 0.0341. The topological polar surface area (TPSA) is 50.4 Å². The molecule has 0 spiro atoms. The highest BCUT2D eigenvalue weighted by atomic mass is 79.9. The first-order valence-electron chi connectivity index (χ1n) is 6.98. The maximum absolute atomic E-state index is 11.1. The van der Waals surface area contributed by atoms with Crippen molar-refractivity contribution < 1.29 is 9.53 Å². The van der Waals surface area contributed by atoms with E-state index in [1.54, 1.807) is 7.05 Å². The van der Waals surface area contributed by atoms with Crippen molar-refractivity contribution in [1.29, 1.82) is 0 Å². The van der Waals surface area contributed by atoms with Crippen molar-refractivity contribution in [3.05, 3.63) is 26.6 Å². The first kappa shape index (κ1) is 18.5. The molecular weight excluding hydrogens is 400 g/mol. The molecule has 0 bridgehead atoms. The van der Waals surface area contributed by atoms with E-state index in [1.807, 2.05) is 12.1 Å². The van der Waals surface area contributed by atoms with Crippen LogP contribution in [0.3, 0.4) is 0 Å². The smallest absolute Gasteiger partial charge is 0.219 e. The molecule has 0 saturated heterocycles. The summed E-state index contributed by atoms with van der Waals surface area (Å²) >= 11 is 7.08. The zero-order valence-corrected chi connectivity index (χ0v) is 15.8. The van der Waals surface area contributed by atoms with Gasteiger partial charge in [-0.15, -0.1) is 0 Å². The largest absolute Gasteiger partial charge is 0.491 e. The van der Waals surface area contributed by atoms with Crippen molar-refractivity contribution in [3.8, 4) is 5.75 Å². The summed E-state index contributed by atoms with van der Waals surface area (Å²) in [7, 11) is 1.64. The number of amides is 1. The van der Waals surface area contributed by atoms with Gasteiger partial charge in [-0.1, -0.05) is 13.8 Å². The molecule has 0 fully saturated rings. The molecule has 6 heteroatoms. The Hall–Kier alpha value is -0.590. The lowest BCUT2D eigenvalue weighted by molar-refractivity contribution is -0.120. The van der Waals surface area contributed by atoms with Gasteiger partial charge in [-0.2, -0.15) is 0 Å². The van der Waals surface area contributed by atoms with Gasteiger partial charge in [0, 0.05) is 26.1 Å². The van der Waals surface area contributed by atoms with Crippen LogP contribution in [0.1, 0.15) is 32.3 Å². The van der Waals surface area contributed by atoms with Crippen molar-refractivity contribution in [3.63, 3.8) is 0 Å². The summed E-state index contributed by atoms with van der Waals surface area (Å²) in [5.74, 6) is 0.812. The lowest BCUT2D eigenvalue weighted by Crippen LogP contribution is -2.21. The number of benzene rings is 1. The summed E-state index contributed by atoms with van der Waals surface area (Å²) in [5, 5.41) is 5.98. The molecule has 0 atom stereocenters. The highest BCUT2D eigenvalue weighted by Crippen LogP contribution is 2.35. The summed E-state index contributed by atoms with van der Waals surface area (Å²) in [4.78, 5) is 11.1. The Kier molecular flexibility index (Phi) is 8.29. The highest BCUT2D eigenvalue weighted by molar-refractivity contribution is 9.11. The minimum atomic E-state index is 0.0341. The Bertz CT molecular complexity index is 456. The van der Waals surface area contributed by atoms with Gasteiger partial charge in [-0.25, -0.2) is 0 Å². The van der Waals surface area contributed by atoms with Gasteiger partial charge in [0.05, 0.1) is 15.6 Å². The first-order chi connectivity index (χ1) is 9.93. The van der Waals surface area contributed by atoms with Crippen LogP contribution < -0.4 is 15.4 Å². The van der Waals surface area contributed by atoms with Crippen LogP contribution >= 0.6 is 31.9 Å². The van der Waals surface area contributed by atoms with E-state index in [4.69, 9.17) is 4.74 Å². The molecular formula is C15H22Br2N2O2. The van der Waals surface area contributed by atoms with Crippen LogP contribution in [0.15, 0.2) is 21.1 Å². The molecule has 0 aromatic heterocycles. The molecule has 21 heavy (non-hydrogen) atoms. The van der Waals surface area contributed by atoms with Gasteiger partial charge in [0.25, 0.3) is 0 Å². The average molecular weight is 422 g/mol. The monoisotopic (exact) mass is 420 g/mol. The van der Waals surface area contributed by atoms with Crippen molar-refractivity contribution in [2.45, 2.75) is 39.3 Å². The molecule has 1 amide bonds. The number of carbonyl (C=O) groups is 1. The molecule has 2 N–H and O–H groups in total. The van der Waals surface area contributed by atoms with E-state index < -0.39 is 0 Å². The zero-order valence-electron chi connectivity index (χ0n) is 12.6. The van der Waals surface area contributed by atoms with E-state index >= 15 is 0 Å². The maximum Gasteiger partial charge on any atom is 0.219 e. The van der Waals surface area contributed by atoms with Crippen LogP contribution in [0, 0.1) is 0 Å². The number of carbonyl (C=O) groups excluding carboxylic acids is 1. The number of hydrogen-bond donors (Lipinski definition) is 2. The van der Waals surface area contributed by atoms with Gasteiger partial charge in [0.1, 0.15) is 5.75 Å². The second kappa shape index (κ2) is 9.43. The van der Waals surface area contributed by atoms with Crippen LogP contribution in [-0.4, -0.2) is 25.6 Å². The van der Waals surface area contributed by atoms with Crippen molar-refractivity contribution in [2.75, 3.05) is 13.7 Å². The molecule has 0 saturated carbocycles. The lowest BCUT2D eigenvalue weighted by atomic mass is 10.2. The van der Waals surface area contributed by atoms with Gasteiger partial charge in [0.2, 0.25) is 5.91 Å². The fraction of sp³-hybridized carbons (Fsp3) is 0.533. The van der Waals surface area contributed by atoms with Gasteiger partial charge in [0.15, 0.2) is 0 Å². The van der Waals surface area contributed by atoms with Crippen LogP contribution in [-0.2, 0) is 11.3 Å². The van der Waals surface area contributed by atoms with Crippen LogP contribution in [0.5, 0.6) is 5.75 Å². The Morgan fingerprint density at radius 1 is 1.29 bits per heavy atom. The number of ether oxygens (including phenoxy) is 1. The predicted octanol–water partition coefficient (Wildman–Crippen LogP) is 3.61. The molecule has 1 rings (SSSR count). The third-order valence-corrected chi connectivity index (χ3v) is 4.02. The lowest BCUT2D eigenvalue weighted by Gasteiger charge is -2.13. The average Bonchev–Trinajstić information content (AvgIpc) is 2.43. The van der Waals surface area contributed by atoms with E-state index in [0.717, 1.165) is 21.2 Å². The Balaban J connectivity index is 2.57. The van der Waals surface area contributed by atoms with Crippen LogP contribution in [0.4, 0.5) is 0 Å². The molecule has 0 radical (unpaired) electrons. The number of nitrogens with one attached hydrogen (secondary N) is 2. The van der Waals surface area contributed by atoms with Gasteiger partial charge in [-0.05, 0) is 56.0 Å². The summed E-state index contributed by atoms with van der Waals surface area (Å²) < 4.78 is 7.58. The van der Waals surface area contributed by atoms with Crippen molar-refractivity contribution >= 4 is 37.8 Å². The molecule has 4 nitrogen and oxygen atoms in total. The quantitative estimate of drug-likeness (QED) is 0.630. The molecule has 0 aliphatic heterocycles. The molecule has 1 aromatic rings. The SMILES string of the molecule is CNC(=O)CCCOc1c(Br)cc(CNC(C)C)cc1Br. The third-order valence-electron chi connectivity index (χ3n) is 2.85. The summed E-state index contributed by atoms with van der Waals surface area (Å²) in [6, 6.07) is 4.55. The minimum Gasteiger partial charge on any atom is -0.491 e. The molecule has 0 aliphatic carbocycles. The van der Waals surface area contributed by atoms with E-state index in [2.05, 4.69) is 56.3 Å². The third kappa shape index (κ3) is 6.80. The standard InChI is InChI=1S/C15H22Br2N2O2/c1-10(2)19-9-11-7-12(16)15(13(17)8-11)21-6-4-5-14(20)18-3/h7-8,10,19H,4-6,9H2,1-3H3,(H,18,20). The first-order valence-corrected chi connectivity index (χ1v) is 8.57. The molecule has 1 aromatic carbocycles.